The monoisotopic (exact) mass is 378 g/mol. The zero-order valence-corrected chi connectivity index (χ0v) is 15.6. The van der Waals surface area contributed by atoms with Crippen LogP contribution in [0.5, 0.6) is 0 Å². The molecule has 0 saturated carbocycles. The molecule has 27 heavy (non-hydrogen) atoms. The van der Waals surface area contributed by atoms with Gasteiger partial charge in [0, 0.05) is 24.3 Å². The largest absolute Gasteiger partial charge is 0.416 e. The third kappa shape index (κ3) is 4.05. The van der Waals surface area contributed by atoms with E-state index in [1.54, 1.807) is 26.8 Å². The lowest BCUT2D eigenvalue weighted by molar-refractivity contribution is -0.138. The molecule has 0 saturated heterocycles. The number of rotatable bonds is 5. The van der Waals surface area contributed by atoms with E-state index in [0.717, 1.165) is 28.7 Å². The van der Waals surface area contributed by atoms with Crippen molar-refractivity contribution in [3.8, 4) is 5.69 Å². The Labute approximate surface area is 155 Å². The van der Waals surface area contributed by atoms with E-state index in [-0.39, 0.29) is 12.1 Å². The molecule has 1 N–H and O–H groups in total. The normalized spacial score (nSPS) is 12.0. The average Bonchev–Trinajstić information content (AvgIpc) is 3.09. The molecular formula is C19H21F3N4O. The molecule has 1 aromatic carbocycles. The molecule has 0 unspecified atom stereocenters. The zero-order valence-electron chi connectivity index (χ0n) is 15.6. The van der Waals surface area contributed by atoms with Crippen LogP contribution >= 0.6 is 0 Å². The molecule has 0 aliphatic heterocycles. The molecule has 2 heterocycles. The van der Waals surface area contributed by atoms with E-state index in [0.29, 0.717) is 18.0 Å². The topological polar surface area (TPSA) is 55.9 Å². The van der Waals surface area contributed by atoms with Crippen molar-refractivity contribution < 1.29 is 17.7 Å². The Balaban J connectivity index is 1.85. The predicted octanol–water partition coefficient (Wildman–Crippen LogP) is 4.40. The van der Waals surface area contributed by atoms with E-state index in [2.05, 4.69) is 15.6 Å². The highest BCUT2D eigenvalue weighted by molar-refractivity contribution is 5.43. The van der Waals surface area contributed by atoms with Gasteiger partial charge in [-0.2, -0.15) is 18.3 Å². The fourth-order valence-corrected chi connectivity index (χ4v) is 3.08. The first kappa shape index (κ1) is 19.2. The summed E-state index contributed by atoms with van der Waals surface area (Å²) in [6.45, 7) is 7.67. The van der Waals surface area contributed by atoms with Gasteiger partial charge in [-0.1, -0.05) is 11.2 Å². The highest BCUT2D eigenvalue weighted by Gasteiger charge is 2.33. The van der Waals surface area contributed by atoms with Crippen molar-refractivity contribution >= 4 is 0 Å². The first-order chi connectivity index (χ1) is 12.7. The molecule has 3 aromatic rings. The van der Waals surface area contributed by atoms with Crippen LogP contribution in [0.15, 0.2) is 28.8 Å². The van der Waals surface area contributed by atoms with Crippen molar-refractivity contribution in [2.24, 2.45) is 0 Å². The minimum Gasteiger partial charge on any atom is -0.361 e. The number of alkyl halides is 3. The lowest BCUT2D eigenvalue weighted by atomic mass is 10.1. The average molecular weight is 378 g/mol. The maximum atomic E-state index is 13.6. The molecule has 2 aromatic heterocycles. The molecule has 0 spiro atoms. The molecule has 0 atom stereocenters. The highest BCUT2D eigenvalue weighted by Crippen LogP contribution is 2.33. The molecule has 0 aliphatic carbocycles. The third-order valence-corrected chi connectivity index (χ3v) is 4.45. The van der Waals surface area contributed by atoms with Gasteiger partial charge in [-0.3, -0.25) is 0 Å². The second kappa shape index (κ2) is 7.19. The Hall–Kier alpha value is -2.61. The summed E-state index contributed by atoms with van der Waals surface area (Å²) in [6, 6.07) is 6.12. The summed E-state index contributed by atoms with van der Waals surface area (Å²) in [7, 11) is 0. The zero-order chi connectivity index (χ0) is 19.8. The summed E-state index contributed by atoms with van der Waals surface area (Å²) in [5.41, 5.74) is 3.04. The Morgan fingerprint density at radius 2 is 1.81 bits per heavy atom. The molecule has 8 heteroatoms. The first-order valence-electron chi connectivity index (χ1n) is 8.53. The van der Waals surface area contributed by atoms with E-state index in [1.807, 2.05) is 13.0 Å². The summed E-state index contributed by atoms with van der Waals surface area (Å²) < 4.78 is 47.4. The van der Waals surface area contributed by atoms with E-state index in [9.17, 15) is 13.2 Å². The van der Waals surface area contributed by atoms with Gasteiger partial charge in [-0.05, 0) is 51.5 Å². The van der Waals surface area contributed by atoms with E-state index >= 15 is 0 Å². The van der Waals surface area contributed by atoms with Crippen molar-refractivity contribution in [2.75, 3.05) is 0 Å². The van der Waals surface area contributed by atoms with Gasteiger partial charge in [0.2, 0.25) is 0 Å². The van der Waals surface area contributed by atoms with Gasteiger partial charge in [0.25, 0.3) is 0 Å². The summed E-state index contributed by atoms with van der Waals surface area (Å²) in [6.07, 6.45) is -4.45. The number of halogens is 3. The predicted molar refractivity (Wildman–Crippen MR) is 94.6 cm³/mol. The number of hydrogen-bond donors (Lipinski definition) is 1. The molecule has 5 nitrogen and oxygen atoms in total. The fourth-order valence-electron chi connectivity index (χ4n) is 3.08. The maximum Gasteiger partial charge on any atom is 0.416 e. The number of hydrogen-bond acceptors (Lipinski definition) is 4. The van der Waals surface area contributed by atoms with Crippen LogP contribution in [0.1, 0.15) is 39.5 Å². The van der Waals surface area contributed by atoms with Gasteiger partial charge in [0.15, 0.2) is 0 Å². The van der Waals surface area contributed by atoms with Crippen LogP contribution in [-0.4, -0.2) is 14.9 Å². The van der Waals surface area contributed by atoms with Crippen molar-refractivity contribution in [1.82, 2.24) is 20.3 Å². The first-order valence-corrected chi connectivity index (χ1v) is 8.53. The van der Waals surface area contributed by atoms with Gasteiger partial charge in [0.05, 0.1) is 22.6 Å². The highest BCUT2D eigenvalue weighted by atomic mass is 19.4. The number of aryl methyl sites for hydroxylation is 4. The number of nitrogens with zero attached hydrogens (tertiary/aromatic N) is 3. The van der Waals surface area contributed by atoms with Crippen LogP contribution in [0, 0.1) is 27.7 Å². The van der Waals surface area contributed by atoms with Gasteiger partial charge in [0.1, 0.15) is 5.76 Å². The molecule has 0 bridgehead atoms. The van der Waals surface area contributed by atoms with Crippen LogP contribution in [0.2, 0.25) is 0 Å². The lowest BCUT2D eigenvalue weighted by Crippen LogP contribution is -2.18. The summed E-state index contributed by atoms with van der Waals surface area (Å²) in [5, 5.41) is 11.2. The number of nitrogens with one attached hydrogen (secondary N) is 1. The SMILES string of the molecule is Cc1cc(C)n(-c2ccc(CNCc3c(C)noc3C)c(C(F)(F)F)c2)n1. The Kier molecular flexibility index (Phi) is 5.10. The molecule has 0 radical (unpaired) electrons. The van der Waals surface area contributed by atoms with Crippen molar-refractivity contribution in [2.45, 2.75) is 47.0 Å². The minimum absolute atomic E-state index is 0.0797. The van der Waals surface area contributed by atoms with Crippen LogP contribution in [0.3, 0.4) is 0 Å². The smallest absolute Gasteiger partial charge is 0.361 e. The van der Waals surface area contributed by atoms with Crippen molar-refractivity contribution in [1.29, 1.82) is 0 Å². The van der Waals surface area contributed by atoms with Crippen LogP contribution in [0.25, 0.3) is 5.69 Å². The third-order valence-electron chi connectivity index (χ3n) is 4.45. The van der Waals surface area contributed by atoms with E-state index in [1.165, 1.54) is 10.7 Å². The molecule has 0 fully saturated rings. The standard InChI is InChI=1S/C19H21F3N4O/c1-11-7-12(2)26(24-11)16-6-5-15(18(8-16)19(20,21)22)9-23-10-17-13(3)25-27-14(17)4/h5-8,23H,9-10H2,1-4H3. The van der Waals surface area contributed by atoms with E-state index in [4.69, 9.17) is 4.52 Å². The molecule has 144 valence electrons. The van der Waals surface area contributed by atoms with Gasteiger partial charge in [-0.25, -0.2) is 4.68 Å². The van der Waals surface area contributed by atoms with Crippen LogP contribution in [-0.2, 0) is 19.3 Å². The summed E-state index contributed by atoms with van der Waals surface area (Å²) >= 11 is 0. The molecule has 0 amide bonds. The van der Waals surface area contributed by atoms with Crippen LogP contribution in [0.4, 0.5) is 13.2 Å². The quantitative estimate of drug-likeness (QED) is 0.715. The summed E-state index contributed by atoms with van der Waals surface area (Å²) in [4.78, 5) is 0. The Morgan fingerprint density at radius 3 is 2.37 bits per heavy atom. The van der Waals surface area contributed by atoms with Gasteiger partial charge < -0.3 is 9.84 Å². The Bertz CT molecular complexity index is 937. The van der Waals surface area contributed by atoms with Crippen LogP contribution < -0.4 is 5.32 Å². The number of benzene rings is 1. The van der Waals surface area contributed by atoms with Gasteiger partial charge >= 0.3 is 6.18 Å². The lowest BCUT2D eigenvalue weighted by Gasteiger charge is -2.16. The second-order valence-electron chi connectivity index (χ2n) is 6.58. The molecular weight excluding hydrogens is 357 g/mol. The summed E-state index contributed by atoms with van der Waals surface area (Å²) in [5.74, 6) is 0.663. The fraction of sp³-hybridized carbons (Fsp3) is 0.368. The van der Waals surface area contributed by atoms with Crippen molar-refractivity contribution in [3.63, 3.8) is 0 Å². The number of aromatic nitrogens is 3. The minimum atomic E-state index is -4.45. The second-order valence-corrected chi connectivity index (χ2v) is 6.58. The van der Waals surface area contributed by atoms with E-state index < -0.39 is 11.7 Å². The Morgan fingerprint density at radius 1 is 1.07 bits per heavy atom. The maximum absolute atomic E-state index is 13.6. The molecule has 3 rings (SSSR count). The van der Waals surface area contributed by atoms with Crippen molar-refractivity contribution in [3.05, 3.63) is 63.8 Å². The molecule has 0 aliphatic rings. The van der Waals surface area contributed by atoms with Gasteiger partial charge in [-0.15, -0.1) is 0 Å².